The lowest BCUT2D eigenvalue weighted by Gasteiger charge is -2.08. The van der Waals surface area contributed by atoms with Gasteiger partial charge in [0.2, 0.25) is 5.89 Å². The molecule has 0 fully saturated rings. The Morgan fingerprint density at radius 3 is 3.00 bits per heavy atom. The molecule has 0 saturated heterocycles. The molecule has 1 aromatic heterocycles. The van der Waals surface area contributed by atoms with Crippen LogP contribution in [0, 0.1) is 0 Å². The lowest BCUT2D eigenvalue weighted by Crippen LogP contribution is -2.40. The maximum Gasteiger partial charge on any atom is 0.315 e. The van der Waals surface area contributed by atoms with Gasteiger partial charge in [0.15, 0.2) is 6.33 Å². The van der Waals surface area contributed by atoms with Crippen LogP contribution >= 0.6 is 0 Å². The summed E-state index contributed by atoms with van der Waals surface area (Å²) in [4.78, 5) is 14.9. The first-order valence-electron chi connectivity index (χ1n) is 4.48. The second kappa shape index (κ2) is 5.21. The van der Waals surface area contributed by atoms with Crippen LogP contribution in [0.2, 0.25) is 0 Å². The van der Waals surface area contributed by atoms with Gasteiger partial charge < -0.3 is 15.2 Å². The number of nitrogens with one attached hydrogen (secondary N) is 2. The Labute approximate surface area is 82.1 Å². The van der Waals surface area contributed by atoms with Gasteiger partial charge in [-0.05, 0) is 13.8 Å². The lowest BCUT2D eigenvalue weighted by molar-refractivity contribution is 0.238. The number of aromatic nitrogens is 2. The Balaban J connectivity index is 2.12. The van der Waals surface area contributed by atoms with E-state index in [0.717, 1.165) is 0 Å². The van der Waals surface area contributed by atoms with Crippen LogP contribution in [0.15, 0.2) is 10.9 Å². The second-order valence-corrected chi connectivity index (χ2v) is 3.14. The molecule has 14 heavy (non-hydrogen) atoms. The Hall–Kier alpha value is -1.59. The van der Waals surface area contributed by atoms with Crippen molar-refractivity contribution in [1.29, 1.82) is 0 Å². The average Bonchev–Trinajstić information content (AvgIpc) is 2.55. The van der Waals surface area contributed by atoms with Crippen LogP contribution in [-0.4, -0.2) is 28.8 Å². The van der Waals surface area contributed by atoms with Gasteiger partial charge in [-0.15, -0.1) is 0 Å². The number of urea groups is 1. The first-order valence-corrected chi connectivity index (χ1v) is 4.48. The molecule has 0 bridgehead atoms. The molecule has 0 unspecified atom stereocenters. The molecule has 1 heterocycles. The number of rotatable bonds is 4. The summed E-state index contributed by atoms with van der Waals surface area (Å²) in [5, 5.41) is 8.83. The summed E-state index contributed by atoms with van der Waals surface area (Å²) in [6, 6.07) is -0.0436. The number of hydrogen-bond acceptors (Lipinski definition) is 4. The van der Waals surface area contributed by atoms with Gasteiger partial charge >= 0.3 is 6.03 Å². The van der Waals surface area contributed by atoms with Crippen LogP contribution in [-0.2, 0) is 6.42 Å². The smallest absolute Gasteiger partial charge is 0.315 e. The molecule has 1 aromatic rings. The van der Waals surface area contributed by atoms with E-state index < -0.39 is 0 Å². The fourth-order valence-electron chi connectivity index (χ4n) is 0.902. The summed E-state index contributed by atoms with van der Waals surface area (Å²) in [6.45, 7) is 4.29. The van der Waals surface area contributed by atoms with E-state index in [1.165, 1.54) is 6.33 Å². The van der Waals surface area contributed by atoms with Crippen molar-refractivity contribution in [2.75, 3.05) is 6.54 Å². The Morgan fingerprint density at radius 2 is 2.43 bits per heavy atom. The molecule has 0 atom stereocenters. The maximum absolute atomic E-state index is 11.1. The lowest BCUT2D eigenvalue weighted by atomic mass is 10.4. The third kappa shape index (κ3) is 3.88. The second-order valence-electron chi connectivity index (χ2n) is 3.14. The highest BCUT2D eigenvalue weighted by molar-refractivity contribution is 5.74. The topological polar surface area (TPSA) is 80.0 Å². The minimum atomic E-state index is -0.181. The van der Waals surface area contributed by atoms with Gasteiger partial charge in [-0.2, -0.15) is 4.98 Å². The third-order valence-corrected chi connectivity index (χ3v) is 1.45. The molecular formula is C8H14N4O2. The third-order valence-electron chi connectivity index (χ3n) is 1.45. The van der Waals surface area contributed by atoms with Gasteiger partial charge in [0.1, 0.15) is 0 Å². The summed E-state index contributed by atoms with van der Waals surface area (Å²) in [6.07, 6.45) is 1.88. The Morgan fingerprint density at radius 1 is 1.64 bits per heavy atom. The normalized spacial score (nSPS) is 10.2. The molecule has 2 N–H and O–H groups in total. The van der Waals surface area contributed by atoms with E-state index in [4.69, 9.17) is 4.52 Å². The van der Waals surface area contributed by atoms with Crippen molar-refractivity contribution in [3.05, 3.63) is 12.2 Å². The van der Waals surface area contributed by atoms with Crippen molar-refractivity contribution in [1.82, 2.24) is 20.8 Å². The number of carbonyl (C=O) groups is 1. The van der Waals surface area contributed by atoms with Crippen LogP contribution in [0.5, 0.6) is 0 Å². The van der Waals surface area contributed by atoms with Crippen molar-refractivity contribution in [3.8, 4) is 0 Å². The predicted molar refractivity (Wildman–Crippen MR) is 49.7 cm³/mol. The van der Waals surface area contributed by atoms with Crippen molar-refractivity contribution in [2.45, 2.75) is 26.3 Å². The van der Waals surface area contributed by atoms with Crippen molar-refractivity contribution in [3.63, 3.8) is 0 Å². The predicted octanol–water partition coefficient (Wildman–Crippen LogP) is 0.320. The van der Waals surface area contributed by atoms with Crippen LogP contribution < -0.4 is 10.6 Å². The van der Waals surface area contributed by atoms with Gasteiger partial charge in [-0.25, -0.2) is 4.79 Å². The molecule has 2 amide bonds. The minimum Gasteiger partial charge on any atom is -0.340 e. The highest BCUT2D eigenvalue weighted by Crippen LogP contribution is 1.90. The van der Waals surface area contributed by atoms with E-state index in [2.05, 4.69) is 20.8 Å². The number of nitrogens with zero attached hydrogens (tertiary/aromatic N) is 2. The van der Waals surface area contributed by atoms with E-state index in [-0.39, 0.29) is 12.1 Å². The average molecular weight is 198 g/mol. The molecule has 0 aliphatic rings. The summed E-state index contributed by atoms with van der Waals surface area (Å²) >= 11 is 0. The highest BCUT2D eigenvalue weighted by Gasteiger charge is 2.03. The number of carbonyl (C=O) groups excluding carboxylic acids is 1. The first-order chi connectivity index (χ1) is 6.68. The maximum atomic E-state index is 11.1. The van der Waals surface area contributed by atoms with Gasteiger partial charge in [0, 0.05) is 19.0 Å². The standard InChI is InChI=1S/C8H14N4O2/c1-6(2)12-8(13)9-4-3-7-10-5-11-14-7/h5-6H,3-4H2,1-2H3,(H2,9,12,13). The molecule has 0 aliphatic carbocycles. The van der Waals surface area contributed by atoms with E-state index in [1.54, 1.807) is 0 Å². The van der Waals surface area contributed by atoms with Crippen molar-refractivity contribution in [2.24, 2.45) is 0 Å². The Bertz CT molecular complexity index is 271. The fourth-order valence-corrected chi connectivity index (χ4v) is 0.902. The summed E-state index contributed by atoms with van der Waals surface area (Å²) in [5.41, 5.74) is 0. The fraction of sp³-hybridized carbons (Fsp3) is 0.625. The van der Waals surface area contributed by atoms with Crippen molar-refractivity contribution >= 4 is 6.03 Å². The molecule has 0 aromatic carbocycles. The van der Waals surface area contributed by atoms with E-state index >= 15 is 0 Å². The number of amides is 2. The van der Waals surface area contributed by atoms with Gasteiger partial charge in [0.05, 0.1) is 0 Å². The van der Waals surface area contributed by atoms with Crippen LogP contribution in [0.1, 0.15) is 19.7 Å². The molecule has 6 nitrogen and oxygen atoms in total. The first kappa shape index (κ1) is 10.5. The van der Waals surface area contributed by atoms with Crippen LogP contribution in [0.4, 0.5) is 4.79 Å². The SMILES string of the molecule is CC(C)NC(=O)NCCc1ncno1. The van der Waals surface area contributed by atoms with Gasteiger partial charge in [-0.1, -0.05) is 5.16 Å². The zero-order valence-corrected chi connectivity index (χ0v) is 8.28. The molecule has 6 heteroatoms. The van der Waals surface area contributed by atoms with Crippen LogP contribution in [0.25, 0.3) is 0 Å². The Kier molecular flexibility index (Phi) is 3.90. The molecular weight excluding hydrogens is 184 g/mol. The highest BCUT2D eigenvalue weighted by atomic mass is 16.5. The summed E-state index contributed by atoms with van der Waals surface area (Å²) < 4.78 is 4.76. The molecule has 0 radical (unpaired) electrons. The molecule has 0 saturated carbocycles. The van der Waals surface area contributed by atoms with E-state index in [9.17, 15) is 4.79 Å². The molecule has 1 rings (SSSR count). The molecule has 0 aliphatic heterocycles. The zero-order valence-electron chi connectivity index (χ0n) is 8.28. The quantitative estimate of drug-likeness (QED) is 0.730. The molecule has 78 valence electrons. The summed E-state index contributed by atoms with van der Waals surface area (Å²) in [7, 11) is 0. The van der Waals surface area contributed by atoms with E-state index in [1.807, 2.05) is 13.8 Å². The van der Waals surface area contributed by atoms with Gasteiger partial charge in [-0.3, -0.25) is 0 Å². The summed E-state index contributed by atoms with van der Waals surface area (Å²) in [5.74, 6) is 0.523. The van der Waals surface area contributed by atoms with Crippen LogP contribution in [0.3, 0.4) is 0 Å². The van der Waals surface area contributed by atoms with Crippen molar-refractivity contribution < 1.29 is 9.32 Å². The molecule has 0 spiro atoms. The number of hydrogen-bond donors (Lipinski definition) is 2. The zero-order chi connectivity index (χ0) is 10.4. The van der Waals surface area contributed by atoms with Gasteiger partial charge in [0.25, 0.3) is 0 Å². The largest absolute Gasteiger partial charge is 0.340 e. The minimum absolute atomic E-state index is 0.137. The van der Waals surface area contributed by atoms with E-state index in [0.29, 0.717) is 18.9 Å². The monoisotopic (exact) mass is 198 g/mol.